The Morgan fingerprint density at radius 1 is 1.30 bits per heavy atom. The predicted molar refractivity (Wildman–Crippen MR) is 86.5 cm³/mol. The number of hydrogen-bond acceptors (Lipinski definition) is 4. The number of ether oxygens (including phenoxy) is 1. The molecule has 0 fully saturated rings. The summed E-state index contributed by atoms with van der Waals surface area (Å²) in [6, 6.07) is 6.70. The van der Waals surface area contributed by atoms with Crippen molar-refractivity contribution in [2.45, 2.75) is 33.0 Å². The molecule has 108 valence electrons. The summed E-state index contributed by atoms with van der Waals surface area (Å²) < 4.78 is 7.58. The molecule has 3 rings (SSSR count). The first-order chi connectivity index (χ1) is 9.69. The van der Waals surface area contributed by atoms with E-state index in [1.807, 2.05) is 12.1 Å². The molecule has 1 aliphatic rings. The van der Waals surface area contributed by atoms with Crippen molar-refractivity contribution in [1.82, 2.24) is 14.5 Å². The molecular weight excluding hydrogens is 270 g/mol. The average Bonchev–Trinajstić information content (AvgIpc) is 2.85. The van der Waals surface area contributed by atoms with Crippen molar-refractivity contribution in [2.24, 2.45) is 0 Å². The largest absolute Gasteiger partial charge is 0.497 e. The molecule has 0 spiro atoms. The van der Waals surface area contributed by atoms with E-state index in [1.165, 1.54) is 11.3 Å². The molecule has 2 aromatic rings. The minimum Gasteiger partial charge on any atom is -0.497 e. The van der Waals surface area contributed by atoms with Crippen molar-refractivity contribution in [3.05, 3.63) is 24.0 Å². The van der Waals surface area contributed by atoms with Crippen LogP contribution in [0.3, 0.4) is 0 Å². The van der Waals surface area contributed by atoms with Crippen molar-refractivity contribution in [3.8, 4) is 5.75 Å². The van der Waals surface area contributed by atoms with Gasteiger partial charge in [0.1, 0.15) is 11.6 Å². The van der Waals surface area contributed by atoms with E-state index < -0.39 is 0 Å². The summed E-state index contributed by atoms with van der Waals surface area (Å²) in [7, 11) is 1.69. The normalized spacial score (nSPS) is 14.8. The lowest BCUT2D eigenvalue weighted by Gasteiger charge is -2.30. The smallest absolute Gasteiger partial charge is 0.124 e. The van der Waals surface area contributed by atoms with Crippen LogP contribution in [-0.2, 0) is 13.1 Å². The van der Waals surface area contributed by atoms with Crippen molar-refractivity contribution in [2.75, 3.05) is 13.7 Å². The third kappa shape index (κ3) is 2.69. The maximum absolute atomic E-state index is 5.25. The van der Waals surface area contributed by atoms with E-state index in [0.717, 1.165) is 30.9 Å². The fourth-order valence-electron chi connectivity index (χ4n) is 2.59. The van der Waals surface area contributed by atoms with Gasteiger partial charge in [-0.25, -0.2) is 4.98 Å². The molecule has 0 amide bonds. The van der Waals surface area contributed by atoms with Gasteiger partial charge in [-0.05, 0) is 31.9 Å². The number of aromatic nitrogens is 2. The van der Waals surface area contributed by atoms with Gasteiger partial charge < -0.3 is 9.30 Å². The lowest BCUT2D eigenvalue weighted by atomic mass is 10.2. The van der Waals surface area contributed by atoms with E-state index in [9.17, 15) is 0 Å². The Balaban J connectivity index is 0.000000704. The quantitative estimate of drug-likeness (QED) is 0.796. The highest BCUT2D eigenvalue weighted by atomic mass is 32.1. The van der Waals surface area contributed by atoms with Gasteiger partial charge in [-0.1, -0.05) is 12.2 Å². The van der Waals surface area contributed by atoms with E-state index in [1.54, 1.807) is 7.11 Å². The Morgan fingerprint density at radius 3 is 2.70 bits per heavy atom. The molecule has 5 heteroatoms. The molecule has 0 radical (unpaired) electrons. The summed E-state index contributed by atoms with van der Waals surface area (Å²) in [5.74, 6) is 4.87. The van der Waals surface area contributed by atoms with Crippen LogP contribution in [0, 0.1) is 0 Å². The maximum atomic E-state index is 5.25. The summed E-state index contributed by atoms with van der Waals surface area (Å²) >= 11 is 3.83. The molecule has 1 aromatic carbocycles. The summed E-state index contributed by atoms with van der Waals surface area (Å²) in [5.41, 5.74) is 2.25. The van der Waals surface area contributed by atoms with Crippen LogP contribution >= 0.6 is 12.2 Å². The molecule has 0 N–H and O–H groups in total. The molecule has 1 aliphatic heterocycles. The van der Waals surface area contributed by atoms with Gasteiger partial charge >= 0.3 is 0 Å². The number of thiocarbonyl (C=S) groups is 1. The van der Waals surface area contributed by atoms with E-state index >= 15 is 0 Å². The molecule has 20 heavy (non-hydrogen) atoms. The zero-order valence-electron chi connectivity index (χ0n) is 12.3. The van der Waals surface area contributed by atoms with Crippen molar-refractivity contribution < 1.29 is 4.74 Å². The van der Waals surface area contributed by atoms with Gasteiger partial charge in [0.15, 0.2) is 0 Å². The number of hydrogen-bond donors (Lipinski definition) is 0. The lowest BCUT2D eigenvalue weighted by molar-refractivity contribution is 0.175. The topological polar surface area (TPSA) is 30.3 Å². The van der Waals surface area contributed by atoms with Gasteiger partial charge in [0, 0.05) is 25.2 Å². The van der Waals surface area contributed by atoms with Gasteiger partial charge in [0.2, 0.25) is 0 Å². The standard InChI is InChI=1S/C14H19N3O.CH2S/c1-10(2)16-6-7-17-13-5-4-11(18-3)8-12(13)15-14(17)9-16;1-2/h4-5,8,10H,6-7,9H2,1-3H3;1H2. The van der Waals surface area contributed by atoms with Gasteiger partial charge in [-0.15, -0.1) is 0 Å². The number of fused-ring (bicyclic) bond motifs is 3. The van der Waals surface area contributed by atoms with Gasteiger partial charge in [0.05, 0.1) is 24.7 Å². The summed E-state index contributed by atoms with van der Waals surface area (Å²) in [6.45, 7) is 7.54. The summed E-state index contributed by atoms with van der Waals surface area (Å²) in [5, 5.41) is 0. The molecule has 0 atom stereocenters. The first-order valence-corrected chi connectivity index (χ1v) is 7.33. The Labute approximate surface area is 125 Å². The first-order valence-electron chi connectivity index (χ1n) is 6.75. The maximum Gasteiger partial charge on any atom is 0.124 e. The molecule has 4 nitrogen and oxygen atoms in total. The highest BCUT2D eigenvalue weighted by Gasteiger charge is 2.21. The van der Waals surface area contributed by atoms with E-state index in [0.29, 0.717) is 6.04 Å². The van der Waals surface area contributed by atoms with Crippen molar-refractivity contribution in [3.63, 3.8) is 0 Å². The first kappa shape index (κ1) is 14.9. The third-order valence-corrected chi connectivity index (χ3v) is 3.72. The fraction of sp³-hybridized carbons (Fsp3) is 0.467. The highest BCUT2D eigenvalue weighted by Crippen LogP contribution is 2.25. The minimum absolute atomic E-state index is 0.577. The molecule has 0 saturated carbocycles. The number of imidazole rings is 1. The molecule has 0 bridgehead atoms. The van der Waals surface area contributed by atoms with Crippen LogP contribution in [0.4, 0.5) is 0 Å². The zero-order chi connectivity index (χ0) is 14.7. The van der Waals surface area contributed by atoms with E-state index in [4.69, 9.17) is 9.72 Å². The Hall–Kier alpha value is -1.46. The molecule has 0 saturated heterocycles. The van der Waals surface area contributed by atoms with E-state index in [-0.39, 0.29) is 0 Å². The van der Waals surface area contributed by atoms with Crippen LogP contribution in [0.5, 0.6) is 5.75 Å². The van der Waals surface area contributed by atoms with Crippen molar-refractivity contribution in [1.29, 1.82) is 0 Å². The number of rotatable bonds is 2. The van der Waals surface area contributed by atoms with Crippen LogP contribution in [-0.4, -0.2) is 40.0 Å². The molecule has 0 unspecified atom stereocenters. The van der Waals surface area contributed by atoms with Crippen LogP contribution in [0.15, 0.2) is 18.2 Å². The van der Waals surface area contributed by atoms with Crippen molar-refractivity contribution >= 4 is 29.1 Å². The second kappa shape index (κ2) is 6.33. The highest BCUT2D eigenvalue weighted by molar-refractivity contribution is 7.77. The minimum atomic E-state index is 0.577. The molecule has 0 aliphatic carbocycles. The predicted octanol–water partition coefficient (Wildman–Crippen LogP) is 2.88. The van der Waals surface area contributed by atoms with Crippen LogP contribution in [0.25, 0.3) is 11.0 Å². The summed E-state index contributed by atoms with van der Waals surface area (Å²) in [6.07, 6.45) is 0. The Bertz CT molecular complexity index is 594. The lowest BCUT2D eigenvalue weighted by Crippen LogP contribution is -2.38. The van der Waals surface area contributed by atoms with Gasteiger partial charge in [-0.2, -0.15) is 0 Å². The van der Waals surface area contributed by atoms with Crippen LogP contribution < -0.4 is 4.74 Å². The second-order valence-corrected chi connectivity index (χ2v) is 5.10. The van der Waals surface area contributed by atoms with Gasteiger partial charge in [-0.3, -0.25) is 4.90 Å². The fourth-order valence-corrected chi connectivity index (χ4v) is 2.59. The number of nitrogens with zero attached hydrogens (tertiary/aromatic N) is 3. The van der Waals surface area contributed by atoms with Gasteiger partial charge in [0.25, 0.3) is 0 Å². The molecule has 2 heterocycles. The monoisotopic (exact) mass is 291 g/mol. The van der Waals surface area contributed by atoms with E-state index in [2.05, 4.69) is 47.5 Å². The summed E-state index contributed by atoms with van der Waals surface area (Å²) in [4.78, 5) is 7.19. The average molecular weight is 291 g/mol. The third-order valence-electron chi connectivity index (χ3n) is 3.72. The molecule has 1 aromatic heterocycles. The second-order valence-electron chi connectivity index (χ2n) is 5.10. The van der Waals surface area contributed by atoms with Crippen LogP contribution in [0.2, 0.25) is 0 Å². The van der Waals surface area contributed by atoms with Crippen LogP contribution in [0.1, 0.15) is 19.7 Å². The Kier molecular flexibility index (Phi) is 4.73. The Morgan fingerprint density at radius 2 is 2.05 bits per heavy atom. The number of benzene rings is 1. The zero-order valence-corrected chi connectivity index (χ0v) is 13.1. The SMILES string of the molecule is C=S.COc1ccc2c(c1)nc1n2CCN(C(C)C)C1. The molecular formula is C15H21N3OS. The number of methoxy groups -OCH3 is 1.